The van der Waals surface area contributed by atoms with Crippen LogP contribution in [0.25, 0.3) is 11.1 Å². The van der Waals surface area contributed by atoms with Gasteiger partial charge in [0, 0.05) is 17.7 Å². The highest BCUT2D eigenvalue weighted by Gasteiger charge is 2.22. The number of aromatic nitrogens is 2. The van der Waals surface area contributed by atoms with Crippen molar-refractivity contribution in [3.63, 3.8) is 0 Å². The molecule has 0 aliphatic carbocycles. The topological polar surface area (TPSA) is 97.1 Å². The molecule has 0 bridgehead atoms. The van der Waals surface area contributed by atoms with Gasteiger partial charge in [0.15, 0.2) is 5.16 Å². The van der Waals surface area contributed by atoms with Gasteiger partial charge in [-0.05, 0) is 44.4 Å². The van der Waals surface area contributed by atoms with Crippen LogP contribution in [0.3, 0.4) is 0 Å². The van der Waals surface area contributed by atoms with Gasteiger partial charge in [-0.1, -0.05) is 67.2 Å². The average molecular weight is 489 g/mol. The summed E-state index contributed by atoms with van der Waals surface area (Å²) >= 11 is 1.22. The highest BCUT2D eigenvalue weighted by molar-refractivity contribution is 8.00. The lowest BCUT2D eigenvalue weighted by molar-refractivity contribution is -0.120. The van der Waals surface area contributed by atoms with Crippen LogP contribution in [0, 0.1) is 13.8 Å². The number of nitrogens with zero attached hydrogens (tertiary/aromatic N) is 2. The highest BCUT2D eigenvalue weighted by Crippen LogP contribution is 2.32. The Morgan fingerprint density at radius 2 is 1.63 bits per heavy atom. The molecule has 2 N–H and O–H groups in total. The van der Waals surface area contributed by atoms with Crippen molar-refractivity contribution in [2.75, 3.05) is 11.9 Å². The second kappa shape index (κ2) is 10.7. The molecule has 7 nitrogen and oxygen atoms in total. The van der Waals surface area contributed by atoms with E-state index in [2.05, 4.69) is 39.7 Å². The Morgan fingerprint density at radius 3 is 2.31 bits per heavy atom. The van der Waals surface area contributed by atoms with Crippen LogP contribution in [0.4, 0.5) is 5.82 Å². The third-order valence-corrected chi connectivity index (χ3v) is 6.84. The molecule has 0 fully saturated rings. The monoisotopic (exact) mass is 488 g/mol. The number of amides is 2. The molecule has 0 saturated carbocycles. The Hall–Kier alpha value is -3.65. The van der Waals surface area contributed by atoms with Gasteiger partial charge in [0.2, 0.25) is 11.6 Å². The second-order valence-electron chi connectivity index (χ2n) is 8.46. The minimum Gasteiger partial charge on any atom is -0.443 e. The first-order valence-electron chi connectivity index (χ1n) is 11.5. The van der Waals surface area contributed by atoms with Crippen LogP contribution >= 0.6 is 11.8 Å². The number of thioether (sulfide) groups is 1. The molecule has 8 heteroatoms. The molecule has 2 unspecified atom stereocenters. The number of anilines is 1. The van der Waals surface area contributed by atoms with Crippen molar-refractivity contribution >= 4 is 40.5 Å². The molecular formula is C27H28N4O3S. The number of aryl methyl sites for hydroxylation is 2. The molecule has 0 spiro atoms. The van der Waals surface area contributed by atoms with Crippen molar-refractivity contribution in [1.82, 2.24) is 15.3 Å². The summed E-state index contributed by atoms with van der Waals surface area (Å²) in [7, 11) is 0. The highest BCUT2D eigenvalue weighted by atomic mass is 32.2. The summed E-state index contributed by atoms with van der Waals surface area (Å²) in [5, 5.41) is 6.48. The van der Waals surface area contributed by atoms with E-state index in [1.807, 2.05) is 45.0 Å². The quantitative estimate of drug-likeness (QED) is 0.251. The maximum Gasteiger partial charge on any atom is 0.256 e. The molecule has 2 aromatic carbocycles. The van der Waals surface area contributed by atoms with Crippen LogP contribution in [0.2, 0.25) is 0 Å². The summed E-state index contributed by atoms with van der Waals surface area (Å²) in [5.41, 5.74) is 2.93. The summed E-state index contributed by atoms with van der Waals surface area (Å²) < 4.78 is 5.82. The standard InChI is InChI=1S/C27H28N4O3S/c1-16(20-11-7-5-8-12-20)15-28-24(32)19(4)35-27-30-23(22-17(2)18(3)34-26(22)31-27)29-25(33)21-13-9-6-10-14-21/h5-14,16,19H,15H2,1-4H3,(H,28,32)(H,29,30,31,33). The Balaban J connectivity index is 1.50. The first-order chi connectivity index (χ1) is 16.8. The van der Waals surface area contributed by atoms with Gasteiger partial charge >= 0.3 is 0 Å². The Bertz CT molecular complexity index is 1340. The molecule has 4 rings (SSSR count). The van der Waals surface area contributed by atoms with Crippen LogP contribution in [-0.4, -0.2) is 33.6 Å². The maximum absolute atomic E-state index is 12.8. The van der Waals surface area contributed by atoms with E-state index in [9.17, 15) is 9.59 Å². The van der Waals surface area contributed by atoms with E-state index in [0.717, 1.165) is 5.56 Å². The number of hydrogen-bond donors (Lipinski definition) is 2. The van der Waals surface area contributed by atoms with Crippen molar-refractivity contribution in [3.05, 3.63) is 83.1 Å². The van der Waals surface area contributed by atoms with E-state index in [1.54, 1.807) is 24.3 Å². The first kappa shape index (κ1) is 24.5. The molecule has 180 valence electrons. The van der Waals surface area contributed by atoms with E-state index >= 15 is 0 Å². The van der Waals surface area contributed by atoms with E-state index in [-0.39, 0.29) is 17.7 Å². The summed E-state index contributed by atoms with van der Waals surface area (Å²) in [6.07, 6.45) is 0. The number of furan rings is 1. The van der Waals surface area contributed by atoms with Gasteiger partial charge in [0.1, 0.15) is 11.6 Å². The minimum absolute atomic E-state index is 0.108. The number of hydrogen-bond acceptors (Lipinski definition) is 6. The molecule has 0 aliphatic rings. The van der Waals surface area contributed by atoms with Gasteiger partial charge in [-0.15, -0.1) is 0 Å². The molecule has 2 amide bonds. The minimum atomic E-state index is -0.440. The van der Waals surface area contributed by atoms with Crippen LogP contribution in [0.15, 0.2) is 70.2 Å². The summed E-state index contributed by atoms with van der Waals surface area (Å²) in [6, 6.07) is 19.0. The third-order valence-electron chi connectivity index (χ3n) is 5.88. The zero-order valence-electron chi connectivity index (χ0n) is 20.2. The van der Waals surface area contributed by atoms with Crippen molar-refractivity contribution < 1.29 is 14.0 Å². The smallest absolute Gasteiger partial charge is 0.256 e. The van der Waals surface area contributed by atoms with Crippen LogP contribution in [-0.2, 0) is 4.79 Å². The summed E-state index contributed by atoms with van der Waals surface area (Å²) in [5.74, 6) is 0.876. The fourth-order valence-corrected chi connectivity index (χ4v) is 4.44. The average Bonchev–Trinajstić information content (AvgIpc) is 3.16. The summed E-state index contributed by atoms with van der Waals surface area (Å²) in [4.78, 5) is 34.7. The lowest BCUT2D eigenvalue weighted by atomic mass is 10.0. The van der Waals surface area contributed by atoms with Crippen LogP contribution < -0.4 is 10.6 Å². The number of benzene rings is 2. The predicted octanol–water partition coefficient (Wildman–Crippen LogP) is 5.49. The fraction of sp³-hybridized carbons (Fsp3) is 0.259. The van der Waals surface area contributed by atoms with E-state index < -0.39 is 5.25 Å². The molecule has 2 heterocycles. The van der Waals surface area contributed by atoms with E-state index in [1.165, 1.54) is 17.3 Å². The van der Waals surface area contributed by atoms with Crippen molar-refractivity contribution in [2.45, 2.75) is 44.0 Å². The molecule has 0 saturated heterocycles. The van der Waals surface area contributed by atoms with Crippen LogP contribution in [0.5, 0.6) is 0 Å². The first-order valence-corrected chi connectivity index (χ1v) is 12.3. The van der Waals surface area contributed by atoms with Crippen molar-refractivity contribution in [2.24, 2.45) is 0 Å². The molecule has 0 aliphatic heterocycles. The second-order valence-corrected chi connectivity index (χ2v) is 9.76. The Morgan fingerprint density at radius 1 is 0.971 bits per heavy atom. The lowest BCUT2D eigenvalue weighted by Gasteiger charge is -2.16. The number of rotatable bonds is 8. The van der Waals surface area contributed by atoms with Gasteiger partial charge in [0.25, 0.3) is 5.91 Å². The molecule has 0 radical (unpaired) electrons. The normalized spacial score (nSPS) is 12.8. The zero-order chi connectivity index (χ0) is 24.9. The van der Waals surface area contributed by atoms with E-state index in [4.69, 9.17) is 4.42 Å². The Kier molecular flexibility index (Phi) is 7.51. The van der Waals surface area contributed by atoms with Gasteiger partial charge < -0.3 is 15.1 Å². The van der Waals surface area contributed by atoms with Gasteiger partial charge in [-0.2, -0.15) is 4.98 Å². The SMILES string of the molecule is Cc1oc2nc(SC(C)C(=O)NCC(C)c3ccccc3)nc(NC(=O)c3ccccc3)c2c1C. The molecule has 4 aromatic rings. The molecule has 2 aromatic heterocycles. The number of fused-ring (bicyclic) bond motifs is 1. The van der Waals surface area contributed by atoms with Crippen molar-refractivity contribution in [1.29, 1.82) is 0 Å². The van der Waals surface area contributed by atoms with Gasteiger partial charge in [-0.25, -0.2) is 4.98 Å². The Labute approximate surface area is 208 Å². The van der Waals surface area contributed by atoms with Gasteiger partial charge in [-0.3, -0.25) is 9.59 Å². The summed E-state index contributed by atoms with van der Waals surface area (Å²) in [6.45, 7) is 8.16. The number of carbonyl (C=O) groups is 2. The lowest BCUT2D eigenvalue weighted by Crippen LogP contribution is -2.33. The van der Waals surface area contributed by atoms with Crippen molar-refractivity contribution in [3.8, 4) is 0 Å². The van der Waals surface area contributed by atoms with Gasteiger partial charge in [0.05, 0.1) is 10.6 Å². The third kappa shape index (κ3) is 5.71. The number of nitrogens with one attached hydrogen (secondary N) is 2. The van der Waals surface area contributed by atoms with Crippen LogP contribution in [0.1, 0.15) is 47.0 Å². The van der Waals surface area contributed by atoms with E-state index in [0.29, 0.717) is 39.9 Å². The molecular weight excluding hydrogens is 460 g/mol. The molecule has 2 atom stereocenters. The predicted molar refractivity (Wildman–Crippen MR) is 139 cm³/mol. The largest absolute Gasteiger partial charge is 0.443 e. The zero-order valence-corrected chi connectivity index (χ0v) is 21.0. The maximum atomic E-state index is 12.8. The fourth-order valence-electron chi connectivity index (χ4n) is 3.65. The molecule has 35 heavy (non-hydrogen) atoms. The number of carbonyl (C=O) groups excluding carboxylic acids is 2.